The Morgan fingerprint density at radius 2 is 2.29 bits per heavy atom. The van der Waals surface area contributed by atoms with Crippen molar-refractivity contribution in [2.45, 2.75) is 13.8 Å². The van der Waals surface area contributed by atoms with Gasteiger partial charge in [-0.1, -0.05) is 0 Å². The first-order valence-electron chi connectivity index (χ1n) is 4.16. The summed E-state index contributed by atoms with van der Waals surface area (Å²) < 4.78 is 0. The van der Waals surface area contributed by atoms with Gasteiger partial charge in [-0.3, -0.25) is 9.78 Å². The number of pyridine rings is 1. The van der Waals surface area contributed by atoms with Crippen LogP contribution >= 0.6 is 0 Å². The molecule has 0 spiro atoms. The SMILES string of the molecule is CC(C)=NNNC(=O)c1cccnc1. The van der Waals surface area contributed by atoms with Crippen molar-refractivity contribution in [3.05, 3.63) is 30.1 Å². The minimum Gasteiger partial charge on any atom is -0.267 e. The first kappa shape index (κ1) is 10.2. The zero-order valence-corrected chi connectivity index (χ0v) is 8.11. The summed E-state index contributed by atoms with van der Waals surface area (Å²) in [5.41, 5.74) is 6.18. The largest absolute Gasteiger partial charge is 0.272 e. The molecule has 0 bridgehead atoms. The molecule has 0 atom stereocenters. The van der Waals surface area contributed by atoms with Crippen molar-refractivity contribution in [1.82, 2.24) is 15.9 Å². The van der Waals surface area contributed by atoms with Gasteiger partial charge in [0.15, 0.2) is 0 Å². The monoisotopic (exact) mass is 192 g/mol. The second kappa shape index (κ2) is 4.96. The van der Waals surface area contributed by atoms with Crippen LogP contribution in [0.1, 0.15) is 24.2 Å². The third kappa shape index (κ3) is 3.22. The standard InChI is InChI=1S/C9H12N4O/c1-7(2)11-13-12-9(14)8-4-3-5-10-6-8/h3-6,13H,1-2H3,(H,12,14). The van der Waals surface area contributed by atoms with Crippen molar-refractivity contribution in [1.29, 1.82) is 0 Å². The average Bonchev–Trinajstić information content (AvgIpc) is 2.18. The molecule has 1 aromatic rings. The zero-order valence-electron chi connectivity index (χ0n) is 8.11. The molecule has 0 fully saturated rings. The van der Waals surface area contributed by atoms with Crippen LogP contribution < -0.4 is 11.0 Å². The molecule has 74 valence electrons. The lowest BCUT2D eigenvalue weighted by atomic mass is 10.3. The highest BCUT2D eigenvalue weighted by molar-refractivity contribution is 5.93. The summed E-state index contributed by atoms with van der Waals surface area (Å²) in [4.78, 5) is 15.2. The molecule has 1 aromatic heterocycles. The van der Waals surface area contributed by atoms with Crippen LogP contribution in [0.5, 0.6) is 0 Å². The Morgan fingerprint density at radius 1 is 1.50 bits per heavy atom. The lowest BCUT2D eigenvalue weighted by Gasteiger charge is -2.03. The van der Waals surface area contributed by atoms with Crippen molar-refractivity contribution in [2.24, 2.45) is 5.10 Å². The van der Waals surface area contributed by atoms with E-state index < -0.39 is 0 Å². The van der Waals surface area contributed by atoms with E-state index in [0.29, 0.717) is 5.56 Å². The maximum atomic E-state index is 11.3. The third-order valence-corrected chi connectivity index (χ3v) is 1.37. The highest BCUT2D eigenvalue weighted by atomic mass is 16.2. The van der Waals surface area contributed by atoms with Crippen LogP contribution in [-0.4, -0.2) is 16.6 Å². The number of rotatable bonds is 3. The van der Waals surface area contributed by atoms with Gasteiger partial charge in [0, 0.05) is 18.1 Å². The number of hydrogen-bond acceptors (Lipinski definition) is 4. The predicted octanol–water partition coefficient (Wildman–Crippen LogP) is 0.712. The summed E-state index contributed by atoms with van der Waals surface area (Å²) >= 11 is 0. The summed E-state index contributed by atoms with van der Waals surface area (Å²) in [6.45, 7) is 3.65. The number of hydrazine groups is 1. The lowest BCUT2D eigenvalue weighted by Crippen LogP contribution is -2.34. The third-order valence-electron chi connectivity index (χ3n) is 1.37. The number of carbonyl (C=O) groups excluding carboxylic acids is 1. The maximum Gasteiger partial charge on any atom is 0.272 e. The van der Waals surface area contributed by atoms with E-state index in [9.17, 15) is 4.79 Å². The topological polar surface area (TPSA) is 66.4 Å². The van der Waals surface area contributed by atoms with Crippen molar-refractivity contribution >= 4 is 11.6 Å². The normalized spacial score (nSPS) is 9.00. The minimum absolute atomic E-state index is 0.261. The fourth-order valence-electron chi connectivity index (χ4n) is 0.760. The summed E-state index contributed by atoms with van der Waals surface area (Å²) in [6, 6.07) is 3.37. The molecular weight excluding hydrogens is 180 g/mol. The molecular formula is C9H12N4O. The number of carbonyl (C=O) groups is 1. The molecule has 0 aromatic carbocycles. The molecule has 1 heterocycles. The minimum atomic E-state index is -0.261. The number of hydrogen-bond donors (Lipinski definition) is 2. The summed E-state index contributed by atoms with van der Waals surface area (Å²) in [5, 5.41) is 3.80. The Balaban J connectivity index is 2.48. The van der Waals surface area contributed by atoms with Crippen LogP contribution in [0.25, 0.3) is 0 Å². The van der Waals surface area contributed by atoms with Gasteiger partial charge in [0.1, 0.15) is 0 Å². The Morgan fingerprint density at radius 3 is 2.86 bits per heavy atom. The van der Waals surface area contributed by atoms with Crippen LogP contribution in [0.3, 0.4) is 0 Å². The highest BCUT2D eigenvalue weighted by Gasteiger charge is 2.02. The number of amides is 1. The molecule has 0 radical (unpaired) electrons. The second-order valence-electron chi connectivity index (χ2n) is 2.87. The molecule has 2 N–H and O–H groups in total. The average molecular weight is 192 g/mol. The number of hydrazone groups is 1. The van der Waals surface area contributed by atoms with Crippen LogP contribution in [-0.2, 0) is 0 Å². The van der Waals surface area contributed by atoms with Gasteiger partial charge in [-0.15, -0.1) is 0 Å². The number of aromatic nitrogens is 1. The van der Waals surface area contributed by atoms with Gasteiger partial charge < -0.3 is 0 Å². The molecule has 0 aliphatic heterocycles. The van der Waals surface area contributed by atoms with Gasteiger partial charge in [0.2, 0.25) is 0 Å². The summed E-state index contributed by atoms with van der Waals surface area (Å²) in [7, 11) is 0. The predicted molar refractivity (Wildman–Crippen MR) is 53.6 cm³/mol. The molecule has 0 saturated heterocycles. The fourth-order valence-corrected chi connectivity index (χ4v) is 0.760. The molecule has 5 heteroatoms. The van der Waals surface area contributed by atoms with E-state index in [1.807, 2.05) is 13.8 Å². The van der Waals surface area contributed by atoms with Gasteiger partial charge >= 0.3 is 0 Å². The van der Waals surface area contributed by atoms with E-state index in [1.165, 1.54) is 6.20 Å². The van der Waals surface area contributed by atoms with Gasteiger partial charge in [-0.2, -0.15) is 5.10 Å². The van der Waals surface area contributed by atoms with E-state index in [0.717, 1.165) is 5.71 Å². The molecule has 0 aliphatic carbocycles. The van der Waals surface area contributed by atoms with Crippen LogP contribution in [0.4, 0.5) is 0 Å². The molecule has 0 aliphatic rings. The van der Waals surface area contributed by atoms with Gasteiger partial charge in [0.25, 0.3) is 5.91 Å². The van der Waals surface area contributed by atoms with E-state index in [4.69, 9.17) is 0 Å². The van der Waals surface area contributed by atoms with E-state index in [2.05, 4.69) is 21.0 Å². The molecule has 14 heavy (non-hydrogen) atoms. The number of nitrogens with zero attached hydrogens (tertiary/aromatic N) is 2. The van der Waals surface area contributed by atoms with E-state index >= 15 is 0 Å². The van der Waals surface area contributed by atoms with Crippen LogP contribution in [0.15, 0.2) is 29.6 Å². The van der Waals surface area contributed by atoms with Crippen molar-refractivity contribution in [3.63, 3.8) is 0 Å². The Bertz CT molecular complexity index is 330. The quantitative estimate of drug-likeness (QED) is 0.547. The molecule has 0 saturated carbocycles. The zero-order chi connectivity index (χ0) is 10.4. The summed E-state index contributed by atoms with van der Waals surface area (Å²) in [5.74, 6) is -0.261. The Hall–Kier alpha value is -1.91. The van der Waals surface area contributed by atoms with Crippen molar-refractivity contribution in [2.75, 3.05) is 0 Å². The molecule has 1 amide bonds. The van der Waals surface area contributed by atoms with Gasteiger partial charge in [-0.25, -0.2) is 11.0 Å². The molecule has 1 rings (SSSR count). The van der Waals surface area contributed by atoms with E-state index in [1.54, 1.807) is 18.3 Å². The Labute approximate surface area is 82.2 Å². The first-order valence-corrected chi connectivity index (χ1v) is 4.16. The number of nitrogens with one attached hydrogen (secondary N) is 2. The lowest BCUT2D eigenvalue weighted by molar-refractivity contribution is 0.0934. The van der Waals surface area contributed by atoms with Gasteiger partial charge in [-0.05, 0) is 26.0 Å². The van der Waals surface area contributed by atoms with Crippen LogP contribution in [0, 0.1) is 0 Å². The van der Waals surface area contributed by atoms with Crippen molar-refractivity contribution < 1.29 is 4.79 Å². The smallest absolute Gasteiger partial charge is 0.267 e. The van der Waals surface area contributed by atoms with E-state index in [-0.39, 0.29) is 5.91 Å². The highest BCUT2D eigenvalue weighted by Crippen LogP contribution is 1.93. The molecule has 0 unspecified atom stereocenters. The first-order chi connectivity index (χ1) is 6.70. The van der Waals surface area contributed by atoms with Crippen LogP contribution in [0.2, 0.25) is 0 Å². The molecule has 5 nitrogen and oxygen atoms in total. The fraction of sp³-hybridized carbons (Fsp3) is 0.222. The Kier molecular flexibility index (Phi) is 3.60. The maximum absolute atomic E-state index is 11.3. The summed E-state index contributed by atoms with van der Waals surface area (Å²) in [6.07, 6.45) is 3.10. The van der Waals surface area contributed by atoms with Gasteiger partial charge in [0.05, 0.1) is 5.56 Å². The van der Waals surface area contributed by atoms with Crippen molar-refractivity contribution in [3.8, 4) is 0 Å². The second-order valence-corrected chi connectivity index (χ2v) is 2.87.